The van der Waals surface area contributed by atoms with Gasteiger partial charge in [0.2, 0.25) is 0 Å². The molecule has 0 saturated carbocycles. The molecule has 1 atom stereocenters. The Bertz CT molecular complexity index is 347. The molecule has 0 aliphatic heterocycles. The molecule has 0 aliphatic rings. The highest BCUT2D eigenvalue weighted by Gasteiger charge is 2.10. The molecule has 4 nitrogen and oxygen atoms in total. The van der Waals surface area contributed by atoms with Gasteiger partial charge in [0.25, 0.3) is 0 Å². The molecule has 4 heteroatoms. The summed E-state index contributed by atoms with van der Waals surface area (Å²) in [6.07, 6.45) is 1.65. The third-order valence-corrected chi connectivity index (χ3v) is 3.13. The van der Waals surface area contributed by atoms with Crippen LogP contribution in [-0.2, 0) is 13.1 Å². The van der Waals surface area contributed by atoms with E-state index >= 15 is 0 Å². The minimum atomic E-state index is -0.234. The highest BCUT2D eigenvalue weighted by Crippen LogP contribution is 2.12. The number of aromatic nitrogens is 2. The Balaban J connectivity index is 2.49. The number of nitrogens with zero attached hydrogens (tertiary/aromatic N) is 2. The quantitative estimate of drug-likeness (QED) is 0.762. The van der Waals surface area contributed by atoms with E-state index in [0.29, 0.717) is 6.54 Å². The first-order chi connectivity index (χ1) is 8.10. The summed E-state index contributed by atoms with van der Waals surface area (Å²) in [5.74, 6) is 0. The van der Waals surface area contributed by atoms with E-state index in [1.165, 1.54) is 11.3 Å². The lowest BCUT2D eigenvalue weighted by Crippen LogP contribution is -2.26. The van der Waals surface area contributed by atoms with Gasteiger partial charge in [0, 0.05) is 30.9 Å². The van der Waals surface area contributed by atoms with Gasteiger partial charge in [-0.25, -0.2) is 0 Å². The second kappa shape index (κ2) is 6.77. The number of aliphatic hydroxyl groups is 1. The van der Waals surface area contributed by atoms with E-state index in [4.69, 9.17) is 0 Å². The Morgan fingerprint density at radius 1 is 1.35 bits per heavy atom. The maximum Gasteiger partial charge on any atom is 0.0664 e. The number of aliphatic hydroxyl groups excluding tert-OH is 1. The standard InChI is InChI=1S/C13H25N3O/c1-5-7-12(17)8-14-9-13-10(3)15-16(6-2)11(13)4/h12,14,17H,5-9H2,1-4H3. The van der Waals surface area contributed by atoms with Crippen molar-refractivity contribution in [3.8, 4) is 0 Å². The van der Waals surface area contributed by atoms with Gasteiger partial charge in [-0.1, -0.05) is 13.3 Å². The molecule has 0 aliphatic carbocycles. The molecular formula is C13H25N3O. The van der Waals surface area contributed by atoms with Crippen molar-refractivity contribution in [2.24, 2.45) is 0 Å². The molecule has 0 saturated heterocycles. The SMILES string of the molecule is CCCC(O)CNCc1c(C)nn(CC)c1C. The van der Waals surface area contributed by atoms with Crippen molar-refractivity contribution in [3.63, 3.8) is 0 Å². The molecule has 98 valence electrons. The summed E-state index contributed by atoms with van der Waals surface area (Å²) in [6, 6.07) is 0. The Hall–Kier alpha value is -0.870. The first kappa shape index (κ1) is 14.2. The van der Waals surface area contributed by atoms with E-state index in [-0.39, 0.29) is 6.10 Å². The molecule has 17 heavy (non-hydrogen) atoms. The summed E-state index contributed by atoms with van der Waals surface area (Å²) >= 11 is 0. The molecular weight excluding hydrogens is 214 g/mol. The van der Waals surface area contributed by atoms with E-state index in [9.17, 15) is 5.11 Å². The van der Waals surface area contributed by atoms with Gasteiger partial charge < -0.3 is 10.4 Å². The van der Waals surface area contributed by atoms with Crippen LogP contribution in [0.5, 0.6) is 0 Å². The Labute approximate surface area is 104 Å². The summed E-state index contributed by atoms with van der Waals surface area (Å²) < 4.78 is 2.02. The second-order valence-corrected chi connectivity index (χ2v) is 4.54. The fourth-order valence-electron chi connectivity index (χ4n) is 2.10. The molecule has 1 aromatic heterocycles. The minimum absolute atomic E-state index is 0.234. The fraction of sp³-hybridized carbons (Fsp3) is 0.769. The first-order valence-corrected chi connectivity index (χ1v) is 6.51. The average molecular weight is 239 g/mol. The predicted molar refractivity (Wildman–Crippen MR) is 70.0 cm³/mol. The largest absolute Gasteiger partial charge is 0.392 e. The number of rotatable bonds is 7. The van der Waals surface area contributed by atoms with Crippen LogP contribution in [-0.4, -0.2) is 27.5 Å². The van der Waals surface area contributed by atoms with Gasteiger partial charge in [0.15, 0.2) is 0 Å². The fourth-order valence-corrected chi connectivity index (χ4v) is 2.10. The van der Waals surface area contributed by atoms with Gasteiger partial charge in [-0.15, -0.1) is 0 Å². The monoisotopic (exact) mass is 239 g/mol. The second-order valence-electron chi connectivity index (χ2n) is 4.54. The maximum atomic E-state index is 9.63. The van der Waals surface area contributed by atoms with Crippen LogP contribution < -0.4 is 5.32 Å². The lowest BCUT2D eigenvalue weighted by Gasteiger charge is -2.10. The average Bonchev–Trinajstić information content (AvgIpc) is 2.56. The lowest BCUT2D eigenvalue weighted by atomic mass is 10.2. The zero-order valence-electron chi connectivity index (χ0n) is 11.5. The molecule has 0 aromatic carbocycles. The van der Waals surface area contributed by atoms with Gasteiger partial charge in [-0.3, -0.25) is 4.68 Å². The van der Waals surface area contributed by atoms with Gasteiger partial charge in [0.1, 0.15) is 0 Å². The van der Waals surface area contributed by atoms with Crippen molar-refractivity contribution in [2.45, 2.75) is 59.7 Å². The van der Waals surface area contributed by atoms with Crippen molar-refractivity contribution >= 4 is 0 Å². The van der Waals surface area contributed by atoms with Crippen molar-refractivity contribution in [3.05, 3.63) is 17.0 Å². The summed E-state index contributed by atoms with van der Waals surface area (Å²) in [5, 5.41) is 17.4. The third-order valence-electron chi connectivity index (χ3n) is 3.13. The predicted octanol–water partition coefficient (Wildman–Crippen LogP) is 1.77. The summed E-state index contributed by atoms with van der Waals surface area (Å²) in [4.78, 5) is 0. The van der Waals surface area contributed by atoms with Crippen LogP contribution in [0.4, 0.5) is 0 Å². The van der Waals surface area contributed by atoms with E-state index < -0.39 is 0 Å². The van der Waals surface area contributed by atoms with Crippen molar-refractivity contribution in [1.29, 1.82) is 0 Å². The van der Waals surface area contributed by atoms with E-state index in [1.54, 1.807) is 0 Å². The smallest absolute Gasteiger partial charge is 0.0664 e. The molecule has 2 N–H and O–H groups in total. The summed E-state index contributed by atoms with van der Waals surface area (Å²) in [7, 11) is 0. The number of hydrogen-bond acceptors (Lipinski definition) is 3. The van der Waals surface area contributed by atoms with Crippen LogP contribution >= 0.6 is 0 Å². The first-order valence-electron chi connectivity index (χ1n) is 6.51. The molecule has 1 rings (SSSR count). The van der Waals surface area contributed by atoms with Crippen molar-refractivity contribution in [1.82, 2.24) is 15.1 Å². The van der Waals surface area contributed by atoms with Crippen LogP contribution in [0.15, 0.2) is 0 Å². The van der Waals surface area contributed by atoms with E-state index in [2.05, 4.69) is 31.2 Å². The van der Waals surface area contributed by atoms with Gasteiger partial charge in [0.05, 0.1) is 11.8 Å². The van der Waals surface area contributed by atoms with E-state index in [1.807, 2.05) is 11.6 Å². The molecule has 0 fully saturated rings. The van der Waals surface area contributed by atoms with Crippen LogP contribution in [0, 0.1) is 13.8 Å². The van der Waals surface area contributed by atoms with Crippen LogP contribution in [0.25, 0.3) is 0 Å². The molecule has 0 spiro atoms. The van der Waals surface area contributed by atoms with Crippen LogP contribution in [0.1, 0.15) is 43.6 Å². The molecule has 1 unspecified atom stereocenters. The number of aryl methyl sites for hydroxylation is 2. The highest BCUT2D eigenvalue weighted by molar-refractivity contribution is 5.24. The normalized spacial score (nSPS) is 13.0. The molecule has 0 amide bonds. The van der Waals surface area contributed by atoms with Crippen molar-refractivity contribution < 1.29 is 5.11 Å². The Kier molecular flexibility index (Phi) is 5.65. The Morgan fingerprint density at radius 3 is 2.59 bits per heavy atom. The summed E-state index contributed by atoms with van der Waals surface area (Å²) in [6.45, 7) is 10.7. The van der Waals surface area contributed by atoms with Crippen LogP contribution in [0.2, 0.25) is 0 Å². The zero-order chi connectivity index (χ0) is 12.8. The van der Waals surface area contributed by atoms with Gasteiger partial charge >= 0.3 is 0 Å². The minimum Gasteiger partial charge on any atom is -0.392 e. The lowest BCUT2D eigenvalue weighted by molar-refractivity contribution is 0.160. The number of nitrogens with one attached hydrogen (secondary N) is 1. The molecule has 1 aromatic rings. The Morgan fingerprint density at radius 2 is 2.06 bits per heavy atom. The molecule has 1 heterocycles. The third kappa shape index (κ3) is 3.82. The molecule has 0 bridgehead atoms. The molecule has 0 radical (unpaired) electrons. The highest BCUT2D eigenvalue weighted by atomic mass is 16.3. The van der Waals surface area contributed by atoms with Crippen molar-refractivity contribution in [2.75, 3.05) is 6.54 Å². The number of hydrogen-bond donors (Lipinski definition) is 2. The van der Waals surface area contributed by atoms with E-state index in [0.717, 1.165) is 31.6 Å². The topological polar surface area (TPSA) is 50.1 Å². The van der Waals surface area contributed by atoms with Gasteiger partial charge in [-0.2, -0.15) is 5.10 Å². The summed E-state index contributed by atoms with van der Waals surface area (Å²) in [5.41, 5.74) is 3.57. The van der Waals surface area contributed by atoms with Gasteiger partial charge in [-0.05, 0) is 27.2 Å². The maximum absolute atomic E-state index is 9.63. The zero-order valence-corrected chi connectivity index (χ0v) is 11.5. The van der Waals surface area contributed by atoms with Crippen LogP contribution in [0.3, 0.4) is 0 Å².